The van der Waals surface area contributed by atoms with Gasteiger partial charge in [-0.25, -0.2) is 0 Å². The van der Waals surface area contributed by atoms with E-state index in [1.807, 2.05) is 29.9 Å². The van der Waals surface area contributed by atoms with Crippen LogP contribution >= 0.6 is 0 Å². The molecule has 0 saturated carbocycles. The molecule has 3 fully saturated rings. The van der Waals surface area contributed by atoms with E-state index >= 15 is 0 Å². The maximum Gasteiger partial charge on any atom is 0.260 e. The van der Waals surface area contributed by atoms with E-state index in [4.69, 9.17) is 0 Å². The Morgan fingerprint density at radius 2 is 1.83 bits per heavy atom. The van der Waals surface area contributed by atoms with Gasteiger partial charge in [0.05, 0.1) is 16.9 Å². The lowest BCUT2D eigenvalue weighted by molar-refractivity contribution is 0.0556. The number of pyridine rings is 1. The molecule has 23 heavy (non-hydrogen) atoms. The molecule has 3 aliphatic rings. The number of hydrogen-bond donors (Lipinski definition) is 0. The third-order valence-electron chi connectivity index (χ3n) is 5.97. The summed E-state index contributed by atoms with van der Waals surface area (Å²) >= 11 is 0. The van der Waals surface area contributed by atoms with Crippen LogP contribution in [-0.4, -0.2) is 33.7 Å². The lowest BCUT2D eigenvalue weighted by atomic mass is 9.84. The zero-order valence-corrected chi connectivity index (χ0v) is 13.4. The maximum absolute atomic E-state index is 13.3. The zero-order valence-electron chi connectivity index (χ0n) is 13.4. The minimum atomic E-state index is 0.179. The molecule has 0 aliphatic carbocycles. The molecule has 1 atom stereocenters. The van der Waals surface area contributed by atoms with Crippen molar-refractivity contribution in [1.29, 1.82) is 0 Å². The van der Waals surface area contributed by atoms with E-state index in [-0.39, 0.29) is 5.56 Å². The van der Waals surface area contributed by atoms with E-state index in [9.17, 15) is 4.79 Å². The summed E-state index contributed by atoms with van der Waals surface area (Å²) in [7, 11) is 2.04. The summed E-state index contributed by atoms with van der Waals surface area (Å²) < 4.78 is 4.15. The first-order valence-electron chi connectivity index (χ1n) is 8.54. The molecule has 0 spiro atoms. The van der Waals surface area contributed by atoms with Crippen LogP contribution in [0.4, 0.5) is 0 Å². The predicted octanol–water partition coefficient (Wildman–Crippen LogP) is 2.76. The minimum absolute atomic E-state index is 0.179. The SMILES string of the molecule is Cn1c2ccccc2c2c(=O)n([C@H]3CN4CCC3CC4)ccc21. The van der Waals surface area contributed by atoms with Crippen molar-refractivity contribution < 1.29 is 0 Å². The van der Waals surface area contributed by atoms with Crippen molar-refractivity contribution in [3.63, 3.8) is 0 Å². The topological polar surface area (TPSA) is 30.2 Å². The average molecular weight is 307 g/mol. The second-order valence-electron chi connectivity index (χ2n) is 7.07. The highest BCUT2D eigenvalue weighted by Crippen LogP contribution is 2.35. The summed E-state index contributed by atoms with van der Waals surface area (Å²) in [5.74, 6) is 0.658. The van der Waals surface area contributed by atoms with Gasteiger partial charge in [-0.1, -0.05) is 18.2 Å². The quantitative estimate of drug-likeness (QED) is 0.692. The standard InChI is InChI=1S/C19H21N3O/c1-20-15-5-3-2-4-14(15)18-16(20)8-11-22(19(18)23)17-12-21-9-6-13(17)7-10-21/h2-5,8,11,13,17H,6-7,9-10,12H2,1H3/t17-/m0/s1. The fourth-order valence-corrected chi connectivity index (χ4v) is 4.69. The lowest BCUT2D eigenvalue weighted by Crippen LogP contribution is -2.49. The van der Waals surface area contributed by atoms with Crippen LogP contribution in [0.25, 0.3) is 21.8 Å². The van der Waals surface area contributed by atoms with Gasteiger partial charge in [-0.15, -0.1) is 0 Å². The Bertz CT molecular complexity index is 960. The third-order valence-corrected chi connectivity index (χ3v) is 5.97. The number of rotatable bonds is 1. The summed E-state index contributed by atoms with van der Waals surface area (Å²) in [6.07, 6.45) is 4.48. The van der Waals surface area contributed by atoms with Crippen LogP contribution in [0.3, 0.4) is 0 Å². The molecule has 2 aromatic heterocycles. The molecule has 5 heterocycles. The molecule has 0 unspecified atom stereocenters. The van der Waals surface area contributed by atoms with Gasteiger partial charge in [-0.2, -0.15) is 0 Å². The molecule has 0 N–H and O–H groups in total. The molecule has 2 bridgehead atoms. The van der Waals surface area contributed by atoms with Crippen LogP contribution in [0.1, 0.15) is 18.9 Å². The van der Waals surface area contributed by atoms with Crippen LogP contribution in [0.15, 0.2) is 41.3 Å². The van der Waals surface area contributed by atoms with E-state index in [2.05, 4.69) is 27.7 Å². The van der Waals surface area contributed by atoms with Gasteiger partial charge in [0.25, 0.3) is 5.56 Å². The lowest BCUT2D eigenvalue weighted by Gasteiger charge is -2.45. The average Bonchev–Trinajstić information content (AvgIpc) is 2.90. The Balaban J connectivity index is 1.77. The van der Waals surface area contributed by atoms with Crippen molar-refractivity contribution in [1.82, 2.24) is 14.0 Å². The van der Waals surface area contributed by atoms with Gasteiger partial charge in [-0.05, 0) is 44.0 Å². The van der Waals surface area contributed by atoms with E-state index < -0.39 is 0 Å². The first-order valence-corrected chi connectivity index (χ1v) is 8.54. The minimum Gasteiger partial charge on any atom is -0.343 e. The normalized spacial score (nSPS) is 27.1. The monoisotopic (exact) mass is 307 g/mol. The summed E-state index contributed by atoms with van der Waals surface area (Å²) in [6, 6.07) is 10.7. The summed E-state index contributed by atoms with van der Waals surface area (Å²) in [6.45, 7) is 3.43. The summed E-state index contributed by atoms with van der Waals surface area (Å²) in [5.41, 5.74) is 2.35. The molecule has 1 aromatic carbocycles. The van der Waals surface area contributed by atoms with Gasteiger partial charge in [-0.3, -0.25) is 4.79 Å². The number of nitrogens with zero attached hydrogens (tertiary/aromatic N) is 3. The van der Waals surface area contributed by atoms with E-state index in [1.165, 1.54) is 25.9 Å². The summed E-state index contributed by atoms with van der Waals surface area (Å²) in [4.78, 5) is 15.8. The van der Waals surface area contributed by atoms with Gasteiger partial charge < -0.3 is 14.0 Å². The molecule has 0 amide bonds. The van der Waals surface area contributed by atoms with Gasteiger partial charge in [0.1, 0.15) is 0 Å². The number of hydrogen-bond acceptors (Lipinski definition) is 2. The highest BCUT2D eigenvalue weighted by molar-refractivity contribution is 6.07. The number of para-hydroxylation sites is 1. The molecular formula is C19H21N3O. The van der Waals surface area contributed by atoms with Crippen molar-refractivity contribution >= 4 is 21.8 Å². The highest BCUT2D eigenvalue weighted by Gasteiger charge is 2.35. The second kappa shape index (κ2) is 4.71. The van der Waals surface area contributed by atoms with Crippen LogP contribution in [0.2, 0.25) is 0 Å². The molecule has 3 aliphatic heterocycles. The Morgan fingerprint density at radius 3 is 2.57 bits per heavy atom. The number of benzene rings is 1. The Kier molecular flexibility index (Phi) is 2.74. The Labute approximate surface area is 134 Å². The molecule has 118 valence electrons. The molecular weight excluding hydrogens is 286 g/mol. The van der Waals surface area contributed by atoms with Crippen LogP contribution in [0, 0.1) is 5.92 Å². The third kappa shape index (κ3) is 1.78. The number of aromatic nitrogens is 2. The molecule has 6 rings (SSSR count). The Morgan fingerprint density at radius 1 is 1.04 bits per heavy atom. The highest BCUT2D eigenvalue weighted by atomic mass is 16.1. The molecule has 4 heteroatoms. The molecule has 0 radical (unpaired) electrons. The van der Waals surface area contributed by atoms with E-state index in [0.29, 0.717) is 12.0 Å². The van der Waals surface area contributed by atoms with E-state index in [1.54, 1.807) is 0 Å². The van der Waals surface area contributed by atoms with Gasteiger partial charge >= 0.3 is 0 Å². The molecule has 4 nitrogen and oxygen atoms in total. The predicted molar refractivity (Wildman–Crippen MR) is 92.9 cm³/mol. The first kappa shape index (κ1) is 13.4. The number of piperidine rings is 3. The first-order chi connectivity index (χ1) is 11.2. The van der Waals surface area contributed by atoms with E-state index in [0.717, 1.165) is 28.4 Å². The van der Waals surface area contributed by atoms with Crippen molar-refractivity contribution in [3.05, 3.63) is 46.9 Å². The number of fused-ring (bicyclic) bond motifs is 6. The van der Waals surface area contributed by atoms with Gasteiger partial charge in [0, 0.05) is 30.7 Å². The van der Waals surface area contributed by atoms with Gasteiger partial charge in [0.2, 0.25) is 0 Å². The Hall–Kier alpha value is -2.07. The second-order valence-corrected chi connectivity index (χ2v) is 7.07. The van der Waals surface area contributed by atoms with Crippen molar-refractivity contribution in [2.24, 2.45) is 13.0 Å². The van der Waals surface area contributed by atoms with Crippen molar-refractivity contribution in [2.45, 2.75) is 18.9 Å². The van der Waals surface area contributed by atoms with Crippen LogP contribution < -0.4 is 5.56 Å². The molecule has 3 saturated heterocycles. The fourth-order valence-electron chi connectivity index (χ4n) is 4.69. The smallest absolute Gasteiger partial charge is 0.260 e. The summed E-state index contributed by atoms with van der Waals surface area (Å²) in [5, 5.41) is 1.95. The van der Waals surface area contributed by atoms with Crippen LogP contribution in [-0.2, 0) is 7.05 Å². The van der Waals surface area contributed by atoms with Gasteiger partial charge in [0.15, 0.2) is 0 Å². The number of aryl methyl sites for hydroxylation is 1. The van der Waals surface area contributed by atoms with Crippen LogP contribution in [0.5, 0.6) is 0 Å². The fraction of sp³-hybridized carbons (Fsp3) is 0.421. The molecule has 3 aromatic rings. The van der Waals surface area contributed by atoms with Crippen molar-refractivity contribution in [2.75, 3.05) is 19.6 Å². The zero-order chi connectivity index (χ0) is 15.6. The van der Waals surface area contributed by atoms with Crippen molar-refractivity contribution in [3.8, 4) is 0 Å². The largest absolute Gasteiger partial charge is 0.343 e. The maximum atomic E-state index is 13.3.